The first-order valence-corrected chi connectivity index (χ1v) is 7.60. The van der Waals surface area contributed by atoms with Gasteiger partial charge in [0.1, 0.15) is 0 Å². The molecule has 0 aliphatic carbocycles. The van der Waals surface area contributed by atoms with Gasteiger partial charge in [-0.1, -0.05) is 11.6 Å². The Bertz CT molecular complexity index is 874. The van der Waals surface area contributed by atoms with Crippen molar-refractivity contribution in [2.45, 2.75) is 0 Å². The molecular weight excluding hydrogens is 370 g/mol. The van der Waals surface area contributed by atoms with Crippen LogP contribution < -0.4 is 10.6 Å². The Labute approximate surface area is 152 Å². The second-order valence-corrected chi connectivity index (χ2v) is 5.45. The summed E-state index contributed by atoms with van der Waals surface area (Å²) in [5, 5.41) is 4.87. The van der Waals surface area contributed by atoms with Gasteiger partial charge in [0.2, 0.25) is 5.91 Å². The Balaban J connectivity index is 1.99. The van der Waals surface area contributed by atoms with E-state index in [0.717, 1.165) is 18.2 Å². The lowest BCUT2D eigenvalue weighted by molar-refractivity contribution is -0.115. The van der Waals surface area contributed by atoms with Crippen molar-refractivity contribution in [1.82, 2.24) is 5.32 Å². The van der Waals surface area contributed by atoms with Crippen molar-refractivity contribution in [2.24, 2.45) is 0 Å². The number of hydrogen-bond acceptors (Lipinski definition) is 4. The molecule has 2 rings (SSSR count). The fourth-order valence-corrected chi connectivity index (χ4v) is 2.13. The molecule has 9 heteroatoms. The van der Waals surface area contributed by atoms with Gasteiger partial charge in [0.15, 0.2) is 11.6 Å². The molecule has 0 atom stereocenters. The monoisotopic (exact) mass is 382 g/mol. The summed E-state index contributed by atoms with van der Waals surface area (Å²) >= 11 is 5.95. The van der Waals surface area contributed by atoms with Gasteiger partial charge in [-0.05, 0) is 36.4 Å². The Morgan fingerprint density at radius 3 is 2.38 bits per heavy atom. The maximum absolute atomic E-state index is 13.1. The summed E-state index contributed by atoms with van der Waals surface area (Å²) in [6.07, 6.45) is 0. The van der Waals surface area contributed by atoms with Crippen molar-refractivity contribution in [1.29, 1.82) is 0 Å². The highest BCUT2D eigenvalue weighted by Crippen LogP contribution is 2.23. The highest BCUT2D eigenvalue weighted by molar-refractivity contribution is 6.33. The van der Waals surface area contributed by atoms with Crippen molar-refractivity contribution >= 4 is 35.1 Å². The van der Waals surface area contributed by atoms with Crippen LogP contribution in [-0.4, -0.2) is 31.4 Å². The molecule has 0 saturated heterocycles. The predicted octanol–water partition coefficient (Wildman–Crippen LogP) is 2.77. The second kappa shape index (κ2) is 8.39. The van der Waals surface area contributed by atoms with Crippen LogP contribution in [0.1, 0.15) is 20.7 Å². The van der Waals surface area contributed by atoms with Crippen LogP contribution in [0.5, 0.6) is 0 Å². The van der Waals surface area contributed by atoms with Gasteiger partial charge < -0.3 is 15.4 Å². The van der Waals surface area contributed by atoms with Gasteiger partial charge in [0.05, 0.1) is 29.9 Å². The van der Waals surface area contributed by atoms with Gasteiger partial charge in [0.25, 0.3) is 5.91 Å². The largest absolute Gasteiger partial charge is 0.465 e. The molecule has 0 radical (unpaired) electrons. The van der Waals surface area contributed by atoms with Gasteiger partial charge in [-0.15, -0.1) is 0 Å². The summed E-state index contributed by atoms with van der Waals surface area (Å²) in [6, 6.07) is 6.77. The standard InChI is InChI=1S/C17H13ClF2N2O4/c1-26-17(25)10-2-4-11(18)14(7-10)22-15(23)8-21-16(24)9-3-5-12(19)13(20)6-9/h2-7H,8H2,1H3,(H,21,24)(H,22,23). The number of anilines is 1. The lowest BCUT2D eigenvalue weighted by Crippen LogP contribution is -2.33. The maximum Gasteiger partial charge on any atom is 0.337 e. The Morgan fingerprint density at radius 2 is 1.73 bits per heavy atom. The molecule has 6 nitrogen and oxygen atoms in total. The molecule has 2 aromatic carbocycles. The van der Waals surface area contributed by atoms with Crippen LogP contribution in [0.3, 0.4) is 0 Å². The van der Waals surface area contributed by atoms with Crippen molar-refractivity contribution in [3.05, 3.63) is 64.2 Å². The summed E-state index contributed by atoms with van der Waals surface area (Å²) in [5.74, 6) is -4.25. The number of halogens is 3. The number of nitrogens with one attached hydrogen (secondary N) is 2. The first-order valence-electron chi connectivity index (χ1n) is 7.22. The molecule has 0 aliphatic heterocycles. The third-order valence-corrected chi connectivity index (χ3v) is 3.58. The van der Waals surface area contributed by atoms with E-state index in [0.29, 0.717) is 0 Å². The Morgan fingerprint density at radius 1 is 1.04 bits per heavy atom. The maximum atomic E-state index is 13.1. The van der Waals surface area contributed by atoms with Gasteiger partial charge >= 0.3 is 5.97 Å². The number of benzene rings is 2. The average Bonchev–Trinajstić information content (AvgIpc) is 2.63. The molecule has 0 aromatic heterocycles. The molecule has 0 saturated carbocycles. The van der Waals surface area contributed by atoms with Gasteiger partial charge in [-0.2, -0.15) is 0 Å². The zero-order valence-electron chi connectivity index (χ0n) is 13.4. The molecule has 2 amide bonds. The van der Waals surface area contributed by atoms with Crippen molar-refractivity contribution in [3.8, 4) is 0 Å². The summed E-state index contributed by atoms with van der Waals surface area (Å²) in [4.78, 5) is 35.3. The quantitative estimate of drug-likeness (QED) is 0.779. The van der Waals surface area contributed by atoms with Crippen LogP contribution >= 0.6 is 11.6 Å². The predicted molar refractivity (Wildman–Crippen MR) is 90.1 cm³/mol. The van der Waals surface area contributed by atoms with Gasteiger partial charge in [-0.25, -0.2) is 13.6 Å². The first-order chi connectivity index (χ1) is 12.3. The van der Waals surface area contributed by atoms with Crippen molar-refractivity contribution in [2.75, 3.05) is 19.0 Å². The van der Waals surface area contributed by atoms with E-state index in [9.17, 15) is 23.2 Å². The van der Waals surface area contributed by atoms with Gasteiger partial charge in [0, 0.05) is 5.56 Å². The number of carbonyl (C=O) groups is 3. The van der Waals surface area contributed by atoms with E-state index >= 15 is 0 Å². The Kier molecular flexibility index (Phi) is 6.24. The number of amides is 2. The molecule has 0 aliphatic rings. The van der Waals surface area contributed by atoms with E-state index in [1.807, 2.05) is 0 Å². The number of carbonyl (C=O) groups excluding carboxylic acids is 3. The average molecular weight is 383 g/mol. The zero-order chi connectivity index (χ0) is 19.3. The third kappa shape index (κ3) is 4.76. The molecule has 136 valence electrons. The number of ether oxygens (including phenoxy) is 1. The minimum absolute atomic E-state index is 0.137. The van der Waals surface area contributed by atoms with E-state index in [1.165, 1.54) is 25.3 Å². The smallest absolute Gasteiger partial charge is 0.337 e. The fourth-order valence-electron chi connectivity index (χ4n) is 1.96. The lowest BCUT2D eigenvalue weighted by Gasteiger charge is -2.10. The molecular formula is C17H13ClF2N2O4. The topological polar surface area (TPSA) is 84.5 Å². The third-order valence-electron chi connectivity index (χ3n) is 3.25. The Hall–Kier alpha value is -3.00. The van der Waals surface area contributed by atoms with E-state index in [-0.39, 0.29) is 21.8 Å². The summed E-state index contributed by atoms with van der Waals surface area (Å²) in [5.41, 5.74) is 0.196. The zero-order valence-corrected chi connectivity index (χ0v) is 14.2. The van der Waals surface area contributed by atoms with E-state index in [2.05, 4.69) is 15.4 Å². The molecule has 0 fully saturated rings. The molecule has 0 heterocycles. The van der Waals surface area contributed by atoms with Crippen LogP contribution in [0.4, 0.5) is 14.5 Å². The summed E-state index contributed by atoms with van der Waals surface area (Å²) in [7, 11) is 1.21. The van der Waals surface area contributed by atoms with Crippen molar-refractivity contribution < 1.29 is 27.9 Å². The van der Waals surface area contributed by atoms with Crippen LogP contribution in [0.25, 0.3) is 0 Å². The minimum Gasteiger partial charge on any atom is -0.465 e. The van der Waals surface area contributed by atoms with Crippen LogP contribution in [-0.2, 0) is 9.53 Å². The second-order valence-electron chi connectivity index (χ2n) is 5.05. The molecule has 0 spiro atoms. The normalized spacial score (nSPS) is 10.2. The van der Waals surface area contributed by atoms with Crippen LogP contribution in [0, 0.1) is 11.6 Å². The SMILES string of the molecule is COC(=O)c1ccc(Cl)c(NC(=O)CNC(=O)c2ccc(F)c(F)c2)c1. The lowest BCUT2D eigenvalue weighted by atomic mass is 10.2. The first kappa shape index (κ1) is 19.3. The number of methoxy groups -OCH3 is 1. The summed E-state index contributed by atoms with van der Waals surface area (Å²) < 4.78 is 30.5. The van der Waals surface area contributed by atoms with Gasteiger partial charge in [-0.3, -0.25) is 9.59 Å². The highest BCUT2D eigenvalue weighted by atomic mass is 35.5. The van der Waals surface area contributed by atoms with E-state index in [4.69, 9.17) is 11.6 Å². The van der Waals surface area contributed by atoms with Crippen LogP contribution in [0.2, 0.25) is 5.02 Å². The van der Waals surface area contributed by atoms with E-state index < -0.39 is 36.0 Å². The number of rotatable bonds is 5. The minimum atomic E-state index is -1.17. The molecule has 2 N–H and O–H groups in total. The molecule has 26 heavy (non-hydrogen) atoms. The fraction of sp³-hybridized carbons (Fsp3) is 0.118. The molecule has 0 bridgehead atoms. The number of esters is 1. The highest BCUT2D eigenvalue weighted by Gasteiger charge is 2.13. The van der Waals surface area contributed by atoms with Crippen molar-refractivity contribution in [3.63, 3.8) is 0 Å². The van der Waals surface area contributed by atoms with E-state index in [1.54, 1.807) is 0 Å². The summed E-state index contributed by atoms with van der Waals surface area (Å²) in [6.45, 7) is -0.448. The number of hydrogen-bond donors (Lipinski definition) is 2. The van der Waals surface area contributed by atoms with Crippen LogP contribution in [0.15, 0.2) is 36.4 Å². The molecule has 2 aromatic rings. The molecule has 0 unspecified atom stereocenters.